The molecule has 0 aliphatic rings. The average molecular weight is 293 g/mol. The van der Waals surface area contributed by atoms with Crippen molar-refractivity contribution in [1.82, 2.24) is 20.2 Å². The minimum atomic E-state index is -4.52. The van der Waals surface area contributed by atoms with Crippen LogP contribution in [0.3, 0.4) is 0 Å². The topological polar surface area (TPSA) is 51.6 Å². The van der Waals surface area contributed by atoms with Crippen LogP contribution in [0.5, 0.6) is 0 Å². The first-order valence-corrected chi connectivity index (χ1v) is 5.71. The minimum absolute atomic E-state index is 0.0663. The van der Waals surface area contributed by atoms with Gasteiger partial charge in [0.05, 0.1) is 6.20 Å². The quantitative estimate of drug-likeness (QED) is 0.851. The van der Waals surface area contributed by atoms with Crippen molar-refractivity contribution in [2.75, 3.05) is 0 Å². The molecule has 2 heterocycles. The van der Waals surface area contributed by atoms with Gasteiger partial charge in [0, 0.05) is 11.1 Å². The zero-order valence-electron chi connectivity index (χ0n) is 8.52. The summed E-state index contributed by atoms with van der Waals surface area (Å²) < 4.78 is 38.0. The lowest BCUT2D eigenvalue weighted by atomic mass is 10.3. The smallest absolute Gasteiger partial charge is 0.251 e. The Morgan fingerprint density at radius 2 is 1.94 bits per heavy atom. The zero-order chi connectivity index (χ0) is 13.2. The molecule has 0 amide bonds. The highest BCUT2D eigenvalue weighted by molar-refractivity contribution is 7.99. The number of rotatable bonds is 2. The van der Waals surface area contributed by atoms with Gasteiger partial charge in [-0.05, 0) is 23.7 Å². The third-order valence-electron chi connectivity index (χ3n) is 1.77. The summed E-state index contributed by atoms with van der Waals surface area (Å²) in [6.07, 6.45) is -2.19. The lowest BCUT2D eigenvalue weighted by Gasteiger charge is -2.09. The Labute approximate surface area is 109 Å². The number of nitrogens with zero attached hydrogens (tertiary/aromatic N) is 4. The molecule has 2 rings (SSSR count). The van der Waals surface area contributed by atoms with Gasteiger partial charge in [0.2, 0.25) is 5.28 Å². The van der Waals surface area contributed by atoms with Crippen LogP contribution < -0.4 is 0 Å². The van der Waals surface area contributed by atoms with Crippen molar-refractivity contribution in [3.8, 4) is 0 Å². The Kier molecular flexibility index (Phi) is 3.67. The third-order valence-corrected chi connectivity index (χ3v) is 2.89. The van der Waals surface area contributed by atoms with Crippen molar-refractivity contribution >= 4 is 23.4 Å². The molecular weight excluding hydrogens is 289 g/mol. The van der Waals surface area contributed by atoms with Crippen molar-refractivity contribution in [2.24, 2.45) is 0 Å². The van der Waals surface area contributed by atoms with E-state index in [0.717, 1.165) is 18.0 Å². The maximum atomic E-state index is 12.7. The van der Waals surface area contributed by atoms with Crippen LogP contribution >= 0.6 is 23.4 Å². The first-order valence-electron chi connectivity index (χ1n) is 4.52. The second-order valence-electron chi connectivity index (χ2n) is 3.02. The molecule has 0 spiro atoms. The molecule has 0 aromatic carbocycles. The van der Waals surface area contributed by atoms with E-state index in [0.29, 0.717) is 0 Å². The summed E-state index contributed by atoms with van der Waals surface area (Å²) in [5.74, 6) is 0. The largest absolute Gasteiger partial charge is 0.434 e. The van der Waals surface area contributed by atoms with E-state index < -0.39 is 11.9 Å². The molecule has 0 unspecified atom stereocenters. The van der Waals surface area contributed by atoms with Crippen LogP contribution in [0.15, 0.2) is 34.4 Å². The summed E-state index contributed by atoms with van der Waals surface area (Å²) in [7, 11) is 0. The fourth-order valence-corrected chi connectivity index (χ4v) is 2.01. The van der Waals surface area contributed by atoms with E-state index in [2.05, 4.69) is 20.2 Å². The Morgan fingerprint density at radius 1 is 1.17 bits per heavy atom. The lowest BCUT2D eigenvalue weighted by Crippen LogP contribution is -2.09. The van der Waals surface area contributed by atoms with Gasteiger partial charge in [-0.15, -0.1) is 10.2 Å². The number of aromatic nitrogens is 4. The summed E-state index contributed by atoms with van der Waals surface area (Å²) in [5.41, 5.74) is -0.966. The van der Waals surface area contributed by atoms with Gasteiger partial charge < -0.3 is 0 Å². The highest BCUT2D eigenvalue weighted by atomic mass is 35.5. The van der Waals surface area contributed by atoms with Crippen LogP contribution in [0.4, 0.5) is 13.2 Å². The van der Waals surface area contributed by atoms with E-state index in [1.165, 1.54) is 18.3 Å². The van der Waals surface area contributed by atoms with Crippen LogP contribution in [-0.2, 0) is 6.18 Å². The number of halogens is 4. The van der Waals surface area contributed by atoms with E-state index in [4.69, 9.17) is 11.6 Å². The summed E-state index contributed by atoms with van der Waals surface area (Å²) >= 11 is 6.20. The molecule has 2 aromatic rings. The molecule has 0 saturated heterocycles. The number of pyridine rings is 1. The van der Waals surface area contributed by atoms with Gasteiger partial charge in [-0.25, -0.2) is 4.98 Å². The van der Waals surface area contributed by atoms with E-state index >= 15 is 0 Å². The zero-order valence-corrected chi connectivity index (χ0v) is 10.1. The third kappa shape index (κ3) is 3.08. The second kappa shape index (κ2) is 5.07. The monoisotopic (exact) mass is 292 g/mol. The minimum Gasteiger partial charge on any atom is -0.251 e. The normalized spacial score (nSPS) is 11.6. The van der Waals surface area contributed by atoms with E-state index in [1.807, 2.05) is 0 Å². The summed E-state index contributed by atoms with van der Waals surface area (Å²) in [4.78, 5) is 6.89. The maximum Gasteiger partial charge on any atom is 0.434 e. The molecule has 0 radical (unpaired) electrons. The summed E-state index contributed by atoms with van der Waals surface area (Å²) in [6.45, 7) is 0. The molecule has 18 heavy (non-hydrogen) atoms. The van der Waals surface area contributed by atoms with E-state index in [9.17, 15) is 13.2 Å². The van der Waals surface area contributed by atoms with Crippen molar-refractivity contribution in [3.63, 3.8) is 0 Å². The molecule has 0 aliphatic carbocycles. The molecule has 0 fully saturated rings. The second-order valence-corrected chi connectivity index (χ2v) is 4.42. The highest BCUT2D eigenvalue weighted by Crippen LogP contribution is 2.36. The van der Waals surface area contributed by atoms with Crippen LogP contribution in [0, 0.1) is 0 Å². The Hall–Kier alpha value is -1.41. The van der Waals surface area contributed by atoms with Crippen molar-refractivity contribution < 1.29 is 13.2 Å². The van der Waals surface area contributed by atoms with Crippen molar-refractivity contribution in [2.45, 2.75) is 16.1 Å². The molecule has 0 atom stereocenters. The fraction of sp³-hybridized carbons (Fsp3) is 0.111. The van der Waals surface area contributed by atoms with Gasteiger partial charge in [-0.1, -0.05) is 11.8 Å². The van der Waals surface area contributed by atoms with Crippen molar-refractivity contribution in [1.29, 1.82) is 0 Å². The molecular formula is C9H4ClF3N4S. The Bertz CT molecular complexity index is 546. The van der Waals surface area contributed by atoms with Gasteiger partial charge in [0.25, 0.3) is 0 Å². The van der Waals surface area contributed by atoms with Crippen LogP contribution in [0.25, 0.3) is 0 Å². The van der Waals surface area contributed by atoms with Gasteiger partial charge in [-0.3, -0.25) is 4.98 Å². The summed E-state index contributed by atoms with van der Waals surface area (Å²) in [6, 6.07) is 2.71. The van der Waals surface area contributed by atoms with E-state index in [-0.39, 0.29) is 15.2 Å². The van der Waals surface area contributed by atoms with Crippen LogP contribution in [0.2, 0.25) is 5.28 Å². The molecule has 0 saturated carbocycles. The van der Waals surface area contributed by atoms with Crippen molar-refractivity contribution in [3.05, 3.63) is 35.5 Å². The average Bonchev–Trinajstić information content (AvgIpc) is 2.31. The molecule has 2 aromatic heterocycles. The highest BCUT2D eigenvalue weighted by Gasteiger charge is 2.35. The van der Waals surface area contributed by atoms with E-state index in [1.54, 1.807) is 0 Å². The number of hydrogen-bond acceptors (Lipinski definition) is 5. The maximum absolute atomic E-state index is 12.7. The van der Waals surface area contributed by atoms with Gasteiger partial charge in [0.1, 0.15) is 5.03 Å². The van der Waals surface area contributed by atoms with Gasteiger partial charge in [0.15, 0.2) is 5.69 Å². The predicted molar refractivity (Wildman–Crippen MR) is 58.2 cm³/mol. The first kappa shape index (κ1) is 13.0. The molecule has 0 N–H and O–H groups in total. The SMILES string of the molecule is FC(F)(F)c1ncccc1Sc1cnc(Cl)nn1. The van der Waals surface area contributed by atoms with Crippen LogP contribution in [0.1, 0.15) is 5.69 Å². The Morgan fingerprint density at radius 3 is 2.56 bits per heavy atom. The number of alkyl halides is 3. The molecule has 0 aliphatic heterocycles. The number of hydrogen-bond donors (Lipinski definition) is 0. The van der Waals surface area contributed by atoms with Gasteiger partial charge >= 0.3 is 6.18 Å². The fourth-order valence-electron chi connectivity index (χ4n) is 1.10. The molecule has 0 bridgehead atoms. The molecule has 9 heteroatoms. The Balaban J connectivity index is 2.32. The predicted octanol–water partition coefficient (Wildman–Crippen LogP) is 3.09. The summed E-state index contributed by atoms with van der Waals surface area (Å²) in [5, 5.41) is 7.21. The van der Waals surface area contributed by atoms with Gasteiger partial charge in [-0.2, -0.15) is 13.2 Å². The first-order chi connectivity index (χ1) is 8.47. The lowest BCUT2D eigenvalue weighted by molar-refractivity contribution is -0.143. The molecule has 94 valence electrons. The van der Waals surface area contributed by atoms with Crippen LogP contribution in [-0.4, -0.2) is 20.2 Å². The standard InChI is InChI=1S/C9H4ClF3N4S/c10-8-15-4-6(16-17-8)18-5-2-1-3-14-7(5)9(11,12)13/h1-4H. The molecule has 4 nitrogen and oxygen atoms in total.